The number of carbonyl (C=O) groups excluding carboxylic acids is 1. The molecule has 1 aromatic carbocycles. The molecule has 1 unspecified atom stereocenters. The van der Waals surface area contributed by atoms with Crippen molar-refractivity contribution in [3.8, 4) is 0 Å². The number of ether oxygens (including phenoxy) is 1. The molecule has 1 saturated carbocycles. The van der Waals surface area contributed by atoms with Crippen LogP contribution < -0.4 is 5.73 Å². The van der Waals surface area contributed by atoms with Crippen LogP contribution in [-0.4, -0.2) is 36.1 Å². The normalized spacial score (nSPS) is 21.4. The monoisotopic (exact) mass is 288 g/mol. The highest BCUT2D eigenvalue weighted by Gasteiger charge is 2.50. The molecule has 1 aliphatic carbocycles. The van der Waals surface area contributed by atoms with Crippen molar-refractivity contribution in [3.05, 3.63) is 35.4 Å². The summed E-state index contributed by atoms with van der Waals surface area (Å²) in [7, 11) is 0. The van der Waals surface area contributed by atoms with E-state index < -0.39 is 5.54 Å². The van der Waals surface area contributed by atoms with Gasteiger partial charge >= 0.3 is 5.97 Å². The predicted molar refractivity (Wildman–Crippen MR) is 81.7 cm³/mol. The van der Waals surface area contributed by atoms with Crippen molar-refractivity contribution in [1.82, 2.24) is 4.90 Å². The molecule has 21 heavy (non-hydrogen) atoms. The van der Waals surface area contributed by atoms with Crippen LogP contribution in [-0.2, 0) is 22.5 Å². The Hall–Kier alpha value is -1.39. The third-order valence-electron chi connectivity index (χ3n) is 4.66. The van der Waals surface area contributed by atoms with Gasteiger partial charge in [-0.05, 0) is 43.2 Å². The highest BCUT2D eigenvalue weighted by atomic mass is 16.5. The van der Waals surface area contributed by atoms with E-state index in [2.05, 4.69) is 29.2 Å². The number of esters is 1. The molecule has 0 spiro atoms. The van der Waals surface area contributed by atoms with Gasteiger partial charge in [-0.25, -0.2) is 4.79 Å². The molecule has 1 fully saturated rings. The van der Waals surface area contributed by atoms with Crippen LogP contribution in [0.1, 0.15) is 30.9 Å². The van der Waals surface area contributed by atoms with E-state index in [1.807, 2.05) is 6.92 Å². The van der Waals surface area contributed by atoms with Gasteiger partial charge in [0.15, 0.2) is 0 Å². The predicted octanol–water partition coefficient (Wildman–Crippen LogP) is 1.72. The van der Waals surface area contributed by atoms with Crippen molar-refractivity contribution in [1.29, 1.82) is 0 Å². The van der Waals surface area contributed by atoms with E-state index in [1.165, 1.54) is 11.1 Å². The molecule has 114 valence electrons. The van der Waals surface area contributed by atoms with Gasteiger partial charge in [0.2, 0.25) is 0 Å². The second-order valence-corrected chi connectivity index (χ2v) is 6.26. The van der Waals surface area contributed by atoms with Crippen molar-refractivity contribution in [2.45, 2.75) is 38.3 Å². The summed E-state index contributed by atoms with van der Waals surface area (Å²) in [6.45, 7) is 4.67. The van der Waals surface area contributed by atoms with Crippen LogP contribution in [0.25, 0.3) is 0 Å². The van der Waals surface area contributed by atoms with Gasteiger partial charge < -0.3 is 10.5 Å². The van der Waals surface area contributed by atoms with E-state index in [4.69, 9.17) is 10.5 Å². The van der Waals surface area contributed by atoms with Crippen LogP contribution in [0.4, 0.5) is 0 Å². The lowest BCUT2D eigenvalue weighted by atomic mass is 9.91. The molecule has 0 amide bonds. The Morgan fingerprint density at radius 3 is 2.76 bits per heavy atom. The molecule has 0 saturated heterocycles. The average Bonchev–Trinajstić information content (AvgIpc) is 3.32. The lowest BCUT2D eigenvalue weighted by Gasteiger charge is -2.36. The van der Waals surface area contributed by atoms with Gasteiger partial charge in [-0.3, -0.25) is 4.90 Å². The Labute approximate surface area is 126 Å². The summed E-state index contributed by atoms with van der Waals surface area (Å²) < 4.78 is 5.23. The van der Waals surface area contributed by atoms with Gasteiger partial charge in [-0.1, -0.05) is 24.3 Å². The van der Waals surface area contributed by atoms with Crippen molar-refractivity contribution in [2.75, 3.05) is 19.7 Å². The zero-order valence-electron chi connectivity index (χ0n) is 12.7. The summed E-state index contributed by atoms with van der Waals surface area (Å²) in [6, 6.07) is 8.52. The van der Waals surface area contributed by atoms with E-state index in [-0.39, 0.29) is 11.9 Å². The maximum Gasteiger partial charge on any atom is 0.327 e. The van der Waals surface area contributed by atoms with Crippen LogP contribution in [0.15, 0.2) is 24.3 Å². The molecule has 0 bridgehead atoms. The van der Waals surface area contributed by atoms with Crippen LogP contribution >= 0.6 is 0 Å². The van der Waals surface area contributed by atoms with Gasteiger partial charge in [0.1, 0.15) is 5.54 Å². The van der Waals surface area contributed by atoms with Gasteiger partial charge in [0.25, 0.3) is 0 Å². The maximum atomic E-state index is 12.3. The van der Waals surface area contributed by atoms with Gasteiger partial charge in [-0.2, -0.15) is 0 Å². The smallest absolute Gasteiger partial charge is 0.327 e. The Morgan fingerprint density at radius 1 is 1.38 bits per heavy atom. The largest absolute Gasteiger partial charge is 0.465 e. The second kappa shape index (κ2) is 5.78. The van der Waals surface area contributed by atoms with Crippen molar-refractivity contribution >= 4 is 5.97 Å². The molecule has 2 aliphatic rings. The van der Waals surface area contributed by atoms with Crippen molar-refractivity contribution in [2.24, 2.45) is 11.7 Å². The molecule has 1 aliphatic heterocycles. The molecule has 2 N–H and O–H groups in total. The molecule has 1 heterocycles. The standard InChI is InChI=1S/C17H24N2O2/c1-2-21-16(20)17(18,15-7-8-15)12-19-10-9-13-5-3-4-6-14(13)11-19/h3-6,15H,2,7-12,18H2,1H3. The summed E-state index contributed by atoms with van der Waals surface area (Å²) in [4.78, 5) is 14.6. The van der Waals surface area contributed by atoms with E-state index in [9.17, 15) is 4.79 Å². The molecule has 0 aromatic heterocycles. The Balaban J connectivity index is 1.71. The third kappa shape index (κ3) is 2.97. The van der Waals surface area contributed by atoms with Crippen LogP contribution in [0.3, 0.4) is 0 Å². The highest BCUT2D eigenvalue weighted by Crippen LogP contribution is 2.40. The summed E-state index contributed by atoms with van der Waals surface area (Å²) in [5, 5.41) is 0. The minimum Gasteiger partial charge on any atom is -0.465 e. The Morgan fingerprint density at radius 2 is 2.10 bits per heavy atom. The molecular weight excluding hydrogens is 264 g/mol. The second-order valence-electron chi connectivity index (χ2n) is 6.26. The topological polar surface area (TPSA) is 55.6 Å². The lowest BCUT2D eigenvalue weighted by Crippen LogP contribution is -2.59. The Kier molecular flexibility index (Phi) is 4.00. The first-order valence-corrected chi connectivity index (χ1v) is 7.88. The van der Waals surface area contributed by atoms with E-state index in [0.29, 0.717) is 13.2 Å². The third-order valence-corrected chi connectivity index (χ3v) is 4.66. The molecular formula is C17H24N2O2. The highest BCUT2D eigenvalue weighted by molar-refractivity contribution is 5.82. The molecule has 1 aromatic rings. The van der Waals surface area contributed by atoms with Crippen LogP contribution in [0.5, 0.6) is 0 Å². The molecule has 1 atom stereocenters. The van der Waals surface area contributed by atoms with E-state index >= 15 is 0 Å². The molecule has 4 heteroatoms. The van der Waals surface area contributed by atoms with Gasteiger partial charge in [0, 0.05) is 19.6 Å². The summed E-state index contributed by atoms with van der Waals surface area (Å²) >= 11 is 0. The minimum absolute atomic E-state index is 0.230. The number of hydrogen-bond donors (Lipinski definition) is 1. The van der Waals surface area contributed by atoms with Crippen LogP contribution in [0, 0.1) is 5.92 Å². The van der Waals surface area contributed by atoms with E-state index in [0.717, 1.165) is 32.4 Å². The quantitative estimate of drug-likeness (QED) is 0.838. The minimum atomic E-state index is -0.831. The number of rotatable bonds is 5. The first-order chi connectivity index (χ1) is 10.1. The summed E-state index contributed by atoms with van der Waals surface area (Å²) in [5.74, 6) is 0.0556. The summed E-state index contributed by atoms with van der Waals surface area (Å²) in [5.41, 5.74) is 8.40. The summed E-state index contributed by atoms with van der Waals surface area (Å²) in [6.07, 6.45) is 3.11. The Bertz CT molecular complexity index is 527. The van der Waals surface area contributed by atoms with Gasteiger partial charge in [-0.15, -0.1) is 0 Å². The first-order valence-electron chi connectivity index (χ1n) is 7.88. The van der Waals surface area contributed by atoms with Crippen molar-refractivity contribution < 1.29 is 9.53 Å². The number of hydrogen-bond acceptors (Lipinski definition) is 4. The number of nitrogens with zero attached hydrogens (tertiary/aromatic N) is 1. The zero-order chi connectivity index (χ0) is 14.9. The fraction of sp³-hybridized carbons (Fsp3) is 0.588. The number of benzene rings is 1. The maximum absolute atomic E-state index is 12.3. The van der Waals surface area contributed by atoms with Crippen molar-refractivity contribution in [3.63, 3.8) is 0 Å². The zero-order valence-corrected chi connectivity index (χ0v) is 12.7. The van der Waals surface area contributed by atoms with Gasteiger partial charge in [0.05, 0.1) is 6.61 Å². The fourth-order valence-electron chi connectivity index (χ4n) is 3.28. The number of fused-ring (bicyclic) bond motifs is 1. The SMILES string of the molecule is CCOC(=O)C(N)(CN1CCc2ccccc2C1)C1CC1. The van der Waals surface area contributed by atoms with Crippen LogP contribution in [0.2, 0.25) is 0 Å². The number of nitrogens with two attached hydrogens (primary N) is 1. The average molecular weight is 288 g/mol. The van der Waals surface area contributed by atoms with E-state index in [1.54, 1.807) is 0 Å². The number of carbonyl (C=O) groups is 1. The molecule has 0 radical (unpaired) electrons. The first kappa shape index (κ1) is 14.5. The molecule has 3 rings (SSSR count). The molecule has 4 nitrogen and oxygen atoms in total. The lowest BCUT2D eigenvalue weighted by molar-refractivity contribution is -0.151. The fourth-order valence-corrected chi connectivity index (χ4v) is 3.28.